The van der Waals surface area contributed by atoms with E-state index in [2.05, 4.69) is 40.3 Å². The third kappa shape index (κ3) is 3.84. The standard InChI is InChI=1S/C19H21N3OS/c20-14-19(10-4-5-11-19)22-17(23)13-21-18(16-9-6-12-24-16)15-7-2-1-3-8-15/h1-3,6-9,12,18,21H,4-5,10-11,13H2,(H,22,23)/p+1/t18-/m0/s1. The molecule has 1 fully saturated rings. The average molecular weight is 340 g/mol. The number of nitrogens with one attached hydrogen (secondary N) is 1. The summed E-state index contributed by atoms with van der Waals surface area (Å²) < 4.78 is 0. The van der Waals surface area contributed by atoms with Crippen LogP contribution in [0.5, 0.6) is 0 Å². The van der Waals surface area contributed by atoms with Crippen LogP contribution in [0.1, 0.15) is 42.2 Å². The smallest absolute Gasteiger partial charge is 0.276 e. The van der Waals surface area contributed by atoms with Crippen LogP contribution in [-0.2, 0) is 4.79 Å². The van der Waals surface area contributed by atoms with Crippen molar-refractivity contribution >= 4 is 17.2 Å². The van der Waals surface area contributed by atoms with Crippen LogP contribution in [0, 0.1) is 11.3 Å². The molecule has 1 aliphatic rings. The lowest BCUT2D eigenvalue weighted by molar-refractivity contribution is -0.676. The van der Waals surface area contributed by atoms with Gasteiger partial charge in [0.2, 0.25) is 0 Å². The molecule has 3 N–H and O–H groups in total. The van der Waals surface area contributed by atoms with E-state index in [1.165, 1.54) is 10.4 Å². The average Bonchev–Trinajstić information content (AvgIpc) is 3.29. The highest BCUT2D eigenvalue weighted by Crippen LogP contribution is 2.28. The van der Waals surface area contributed by atoms with Crippen LogP contribution in [0.25, 0.3) is 0 Å². The number of rotatable bonds is 6. The third-order valence-corrected chi connectivity index (χ3v) is 5.55. The molecule has 0 aliphatic heterocycles. The first-order valence-corrected chi connectivity index (χ1v) is 9.24. The fourth-order valence-electron chi connectivity index (χ4n) is 3.33. The Morgan fingerprint density at radius 3 is 2.62 bits per heavy atom. The Morgan fingerprint density at radius 1 is 1.25 bits per heavy atom. The van der Waals surface area contributed by atoms with Crippen LogP contribution in [0.3, 0.4) is 0 Å². The van der Waals surface area contributed by atoms with Crippen molar-refractivity contribution < 1.29 is 10.1 Å². The van der Waals surface area contributed by atoms with E-state index >= 15 is 0 Å². The maximum atomic E-state index is 12.4. The predicted molar refractivity (Wildman–Crippen MR) is 94.4 cm³/mol. The molecule has 1 aromatic carbocycles. The molecule has 1 atom stereocenters. The number of carbonyl (C=O) groups excluding carboxylic acids is 1. The van der Waals surface area contributed by atoms with Crippen LogP contribution in [-0.4, -0.2) is 18.0 Å². The zero-order valence-electron chi connectivity index (χ0n) is 13.6. The van der Waals surface area contributed by atoms with Crippen molar-refractivity contribution in [3.63, 3.8) is 0 Å². The molecule has 5 heteroatoms. The van der Waals surface area contributed by atoms with Gasteiger partial charge in [0.1, 0.15) is 11.6 Å². The number of nitriles is 1. The van der Waals surface area contributed by atoms with Crippen molar-refractivity contribution in [3.05, 3.63) is 58.3 Å². The highest BCUT2D eigenvalue weighted by molar-refractivity contribution is 7.10. The van der Waals surface area contributed by atoms with Gasteiger partial charge in [0, 0.05) is 5.56 Å². The number of benzene rings is 1. The monoisotopic (exact) mass is 340 g/mol. The Labute approximate surface area is 146 Å². The fourth-order valence-corrected chi connectivity index (χ4v) is 4.18. The summed E-state index contributed by atoms with van der Waals surface area (Å²) in [6.45, 7) is 0.320. The lowest BCUT2D eigenvalue weighted by Crippen LogP contribution is -2.88. The molecule has 0 bridgehead atoms. The number of amides is 1. The van der Waals surface area contributed by atoms with Gasteiger partial charge in [-0.05, 0) is 37.1 Å². The molecule has 1 amide bonds. The van der Waals surface area contributed by atoms with Crippen LogP contribution in [0.4, 0.5) is 0 Å². The molecule has 3 rings (SSSR count). The topological polar surface area (TPSA) is 69.5 Å². The Kier molecular flexibility index (Phi) is 5.29. The molecule has 2 aromatic rings. The van der Waals surface area contributed by atoms with Crippen molar-refractivity contribution in [2.45, 2.75) is 37.3 Å². The fraction of sp³-hybridized carbons (Fsp3) is 0.368. The first-order valence-electron chi connectivity index (χ1n) is 8.36. The van der Waals surface area contributed by atoms with Crippen LogP contribution < -0.4 is 10.6 Å². The van der Waals surface area contributed by atoms with Gasteiger partial charge in [0.05, 0.1) is 10.9 Å². The van der Waals surface area contributed by atoms with Gasteiger partial charge in [-0.15, -0.1) is 11.3 Å². The second-order valence-electron chi connectivity index (χ2n) is 6.29. The van der Waals surface area contributed by atoms with E-state index in [0.29, 0.717) is 6.54 Å². The second-order valence-corrected chi connectivity index (χ2v) is 7.27. The summed E-state index contributed by atoms with van der Waals surface area (Å²) in [6, 6.07) is 16.8. The molecular weight excluding hydrogens is 318 g/mol. The Balaban J connectivity index is 1.66. The quantitative estimate of drug-likeness (QED) is 0.847. The number of nitrogens with zero attached hydrogens (tertiary/aromatic N) is 1. The maximum absolute atomic E-state index is 12.4. The summed E-state index contributed by atoms with van der Waals surface area (Å²) >= 11 is 1.70. The van der Waals surface area contributed by atoms with E-state index in [4.69, 9.17) is 0 Å². The molecule has 0 saturated heterocycles. The van der Waals surface area contributed by atoms with Crippen LogP contribution in [0.15, 0.2) is 47.8 Å². The van der Waals surface area contributed by atoms with Gasteiger partial charge in [-0.1, -0.05) is 36.4 Å². The number of nitrogens with two attached hydrogens (primary N) is 1. The molecule has 1 aromatic heterocycles. The minimum absolute atomic E-state index is 0.0593. The molecule has 1 aliphatic carbocycles. The largest absolute Gasteiger partial charge is 0.333 e. The van der Waals surface area contributed by atoms with Crippen LogP contribution in [0.2, 0.25) is 0 Å². The molecule has 0 spiro atoms. The molecule has 24 heavy (non-hydrogen) atoms. The summed E-state index contributed by atoms with van der Waals surface area (Å²) in [5.74, 6) is -0.0593. The maximum Gasteiger partial charge on any atom is 0.276 e. The minimum Gasteiger partial charge on any atom is -0.333 e. The number of hydrogen-bond acceptors (Lipinski definition) is 3. The van der Waals surface area contributed by atoms with Gasteiger partial charge >= 0.3 is 0 Å². The Morgan fingerprint density at radius 2 is 2.00 bits per heavy atom. The molecule has 4 nitrogen and oxygen atoms in total. The van der Waals surface area contributed by atoms with Crippen LogP contribution >= 0.6 is 11.3 Å². The lowest BCUT2D eigenvalue weighted by atomic mass is 10.00. The summed E-state index contributed by atoms with van der Waals surface area (Å²) in [7, 11) is 0. The summed E-state index contributed by atoms with van der Waals surface area (Å²) in [5.41, 5.74) is 0.541. The SMILES string of the molecule is N#CC1(NC(=O)C[NH2+][C@@H](c2ccccc2)c2cccs2)CCCC1. The zero-order chi connectivity index (χ0) is 16.8. The predicted octanol–water partition coefficient (Wildman–Crippen LogP) is 2.35. The lowest BCUT2D eigenvalue weighted by Gasteiger charge is -2.22. The molecular formula is C19H22N3OS+. The van der Waals surface area contributed by atoms with E-state index in [-0.39, 0.29) is 11.9 Å². The van der Waals surface area contributed by atoms with Crippen molar-refractivity contribution in [3.8, 4) is 6.07 Å². The van der Waals surface area contributed by atoms with Crippen molar-refractivity contribution in [1.82, 2.24) is 5.32 Å². The van der Waals surface area contributed by atoms with Crippen molar-refractivity contribution in [1.29, 1.82) is 5.26 Å². The molecule has 1 saturated carbocycles. The summed E-state index contributed by atoms with van der Waals surface area (Å²) in [4.78, 5) is 13.6. The van der Waals surface area contributed by atoms with E-state index in [0.717, 1.165) is 25.7 Å². The molecule has 1 heterocycles. The summed E-state index contributed by atoms with van der Waals surface area (Å²) in [6.07, 6.45) is 3.56. The Hall–Kier alpha value is -2.16. The highest BCUT2D eigenvalue weighted by Gasteiger charge is 2.35. The molecule has 0 unspecified atom stereocenters. The van der Waals surface area contributed by atoms with Gasteiger partial charge in [0.15, 0.2) is 6.54 Å². The number of thiophene rings is 1. The van der Waals surface area contributed by atoms with Gasteiger partial charge in [-0.25, -0.2) is 0 Å². The number of hydrogen-bond donors (Lipinski definition) is 2. The van der Waals surface area contributed by atoms with Gasteiger partial charge in [-0.2, -0.15) is 5.26 Å². The van der Waals surface area contributed by atoms with Crippen molar-refractivity contribution in [2.24, 2.45) is 0 Å². The molecule has 124 valence electrons. The Bertz CT molecular complexity index is 700. The number of quaternary nitrogens is 1. The first-order chi connectivity index (χ1) is 11.7. The second kappa shape index (κ2) is 7.61. The van der Waals surface area contributed by atoms with Gasteiger partial charge in [-0.3, -0.25) is 4.79 Å². The van der Waals surface area contributed by atoms with Crippen molar-refractivity contribution in [2.75, 3.05) is 6.54 Å². The molecule has 0 radical (unpaired) electrons. The van der Waals surface area contributed by atoms with Gasteiger partial charge in [0.25, 0.3) is 5.91 Å². The van der Waals surface area contributed by atoms with E-state index in [1.807, 2.05) is 24.3 Å². The zero-order valence-corrected chi connectivity index (χ0v) is 14.4. The van der Waals surface area contributed by atoms with E-state index in [9.17, 15) is 10.1 Å². The minimum atomic E-state index is -0.643. The van der Waals surface area contributed by atoms with E-state index in [1.54, 1.807) is 11.3 Å². The normalized spacial score (nSPS) is 17.1. The first kappa shape index (κ1) is 16.7. The highest BCUT2D eigenvalue weighted by atomic mass is 32.1. The number of carbonyl (C=O) groups is 1. The third-order valence-electron chi connectivity index (χ3n) is 4.60. The summed E-state index contributed by atoms with van der Waals surface area (Å²) in [5, 5.41) is 16.5. The van der Waals surface area contributed by atoms with E-state index < -0.39 is 5.54 Å². The van der Waals surface area contributed by atoms with Gasteiger partial charge < -0.3 is 10.6 Å².